The highest BCUT2D eigenvalue weighted by molar-refractivity contribution is 5.80. The van der Waals surface area contributed by atoms with Crippen LogP contribution in [0.5, 0.6) is 5.75 Å². The van der Waals surface area contributed by atoms with Crippen LogP contribution in [0.4, 0.5) is 5.69 Å². The highest BCUT2D eigenvalue weighted by atomic mass is 16.5. The number of benzene rings is 1. The van der Waals surface area contributed by atoms with E-state index in [2.05, 4.69) is 15.0 Å². The van der Waals surface area contributed by atoms with Gasteiger partial charge in [0.1, 0.15) is 17.8 Å². The minimum atomic E-state index is 0.743. The number of aliphatic imine (C=N–C) groups is 1. The number of rotatable bonds is 3. The van der Waals surface area contributed by atoms with E-state index in [0.29, 0.717) is 0 Å². The number of hydrogen-bond acceptors (Lipinski definition) is 4. The van der Waals surface area contributed by atoms with Crippen molar-refractivity contribution < 1.29 is 4.74 Å². The topological polar surface area (TPSA) is 47.4 Å². The van der Waals surface area contributed by atoms with Crippen molar-refractivity contribution in [3.8, 4) is 5.75 Å². The Balaban J connectivity index is 2.24. The number of para-hydroxylation sites is 2. The van der Waals surface area contributed by atoms with Gasteiger partial charge in [0.15, 0.2) is 0 Å². The average Bonchev–Trinajstić information content (AvgIpc) is 2.38. The summed E-state index contributed by atoms with van der Waals surface area (Å²) in [6, 6.07) is 9.36. The van der Waals surface area contributed by atoms with Crippen molar-refractivity contribution in [1.29, 1.82) is 0 Å². The Morgan fingerprint density at radius 2 is 2.12 bits per heavy atom. The predicted octanol–water partition coefficient (Wildman–Crippen LogP) is 2.24. The summed E-state index contributed by atoms with van der Waals surface area (Å²) in [6.45, 7) is 0. The molecular weight excluding hydrogens is 202 g/mol. The quantitative estimate of drug-likeness (QED) is 0.734. The van der Waals surface area contributed by atoms with E-state index in [0.717, 1.165) is 17.1 Å². The number of ether oxygens (including phenoxy) is 1. The van der Waals surface area contributed by atoms with Gasteiger partial charge in [-0.25, -0.2) is 9.97 Å². The lowest BCUT2D eigenvalue weighted by atomic mass is 10.3. The first kappa shape index (κ1) is 10.3. The average molecular weight is 213 g/mol. The van der Waals surface area contributed by atoms with Crippen LogP contribution in [0.15, 0.2) is 47.8 Å². The lowest BCUT2D eigenvalue weighted by Crippen LogP contribution is -1.87. The van der Waals surface area contributed by atoms with Crippen LogP contribution in [0.2, 0.25) is 0 Å². The molecule has 0 unspecified atom stereocenters. The van der Waals surface area contributed by atoms with E-state index >= 15 is 0 Å². The van der Waals surface area contributed by atoms with Crippen LogP contribution < -0.4 is 4.74 Å². The number of hydrogen-bond donors (Lipinski definition) is 0. The Kier molecular flexibility index (Phi) is 3.23. The Morgan fingerprint density at radius 3 is 2.88 bits per heavy atom. The summed E-state index contributed by atoms with van der Waals surface area (Å²) in [5.41, 5.74) is 1.55. The van der Waals surface area contributed by atoms with Gasteiger partial charge in [-0.1, -0.05) is 12.1 Å². The lowest BCUT2D eigenvalue weighted by molar-refractivity contribution is 0.416. The van der Waals surface area contributed by atoms with E-state index in [-0.39, 0.29) is 0 Å². The SMILES string of the molecule is COc1ccccc1/N=C/c1ccncn1. The molecule has 0 amide bonds. The van der Waals surface area contributed by atoms with Gasteiger partial charge in [0.05, 0.1) is 19.0 Å². The normalized spacial score (nSPS) is 10.6. The van der Waals surface area contributed by atoms with Gasteiger partial charge in [-0.05, 0) is 18.2 Å². The van der Waals surface area contributed by atoms with Gasteiger partial charge in [0.25, 0.3) is 0 Å². The maximum absolute atomic E-state index is 5.19. The smallest absolute Gasteiger partial charge is 0.144 e. The van der Waals surface area contributed by atoms with Crippen LogP contribution in [0.3, 0.4) is 0 Å². The Bertz CT molecular complexity index is 483. The molecule has 1 aromatic carbocycles. The Morgan fingerprint density at radius 1 is 1.25 bits per heavy atom. The second kappa shape index (κ2) is 5.02. The molecule has 0 saturated heterocycles. The van der Waals surface area contributed by atoms with E-state index in [1.165, 1.54) is 6.33 Å². The molecule has 0 N–H and O–H groups in total. The molecule has 0 spiro atoms. The van der Waals surface area contributed by atoms with Gasteiger partial charge >= 0.3 is 0 Å². The lowest BCUT2D eigenvalue weighted by Gasteiger charge is -2.02. The molecule has 0 aliphatic rings. The molecule has 0 radical (unpaired) electrons. The van der Waals surface area contributed by atoms with E-state index in [1.54, 1.807) is 25.6 Å². The zero-order valence-corrected chi connectivity index (χ0v) is 8.87. The third kappa shape index (κ3) is 2.42. The van der Waals surface area contributed by atoms with Crippen molar-refractivity contribution in [2.75, 3.05) is 7.11 Å². The highest BCUT2D eigenvalue weighted by Gasteiger charge is 1.97. The molecule has 4 nitrogen and oxygen atoms in total. The first-order valence-electron chi connectivity index (χ1n) is 4.83. The first-order chi connectivity index (χ1) is 7.90. The van der Waals surface area contributed by atoms with E-state index in [4.69, 9.17) is 4.74 Å². The van der Waals surface area contributed by atoms with Gasteiger partial charge < -0.3 is 4.74 Å². The molecule has 2 aromatic rings. The molecule has 0 fully saturated rings. The first-order valence-corrected chi connectivity index (χ1v) is 4.83. The molecule has 0 atom stereocenters. The van der Waals surface area contributed by atoms with Crippen LogP contribution in [0, 0.1) is 0 Å². The van der Waals surface area contributed by atoms with Crippen molar-refractivity contribution in [2.45, 2.75) is 0 Å². The Labute approximate surface area is 93.7 Å². The zero-order valence-electron chi connectivity index (χ0n) is 8.87. The van der Waals surface area contributed by atoms with Crippen LogP contribution in [-0.2, 0) is 0 Å². The van der Waals surface area contributed by atoms with Gasteiger partial charge in [-0.15, -0.1) is 0 Å². The van der Waals surface area contributed by atoms with E-state index in [1.807, 2.05) is 24.3 Å². The van der Waals surface area contributed by atoms with Crippen LogP contribution in [0.1, 0.15) is 5.69 Å². The minimum absolute atomic E-state index is 0.743. The second-order valence-corrected chi connectivity index (χ2v) is 3.06. The van der Waals surface area contributed by atoms with Crippen molar-refractivity contribution in [3.63, 3.8) is 0 Å². The minimum Gasteiger partial charge on any atom is -0.494 e. The molecule has 0 bridgehead atoms. The highest BCUT2D eigenvalue weighted by Crippen LogP contribution is 2.25. The number of aromatic nitrogens is 2. The molecule has 1 heterocycles. The van der Waals surface area contributed by atoms with Gasteiger partial charge in [-0.2, -0.15) is 0 Å². The molecule has 1 aromatic heterocycles. The summed E-state index contributed by atoms with van der Waals surface area (Å²) in [7, 11) is 1.62. The fourth-order valence-electron chi connectivity index (χ4n) is 1.25. The molecule has 2 rings (SSSR count). The molecule has 16 heavy (non-hydrogen) atoms. The van der Waals surface area contributed by atoms with Crippen LogP contribution in [0.25, 0.3) is 0 Å². The number of nitrogens with zero attached hydrogens (tertiary/aromatic N) is 3. The molecule has 0 aliphatic heterocycles. The van der Waals surface area contributed by atoms with E-state index < -0.39 is 0 Å². The summed E-state index contributed by atoms with van der Waals surface area (Å²) in [6.07, 6.45) is 4.85. The summed E-state index contributed by atoms with van der Waals surface area (Å²) in [4.78, 5) is 12.2. The molecule has 4 heteroatoms. The van der Waals surface area contributed by atoms with Crippen LogP contribution in [-0.4, -0.2) is 23.3 Å². The van der Waals surface area contributed by atoms with Crippen LogP contribution >= 0.6 is 0 Å². The second-order valence-electron chi connectivity index (χ2n) is 3.06. The molecule has 80 valence electrons. The van der Waals surface area contributed by atoms with Crippen molar-refractivity contribution >= 4 is 11.9 Å². The summed E-state index contributed by atoms with van der Waals surface area (Å²) in [5, 5.41) is 0. The zero-order chi connectivity index (χ0) is 11.2. The van der Waals surface area contributed by atoms with Gasteiger partial charge in [0.2, 0.25) is 0 Å². The largest absolute Gasteiger partial charge is 0.494 e. The number of methoxy groups -OCH3 is 1. The summed E-state index contributed by atoms with van der Waals surface area (Å²) in [5.74, 6) is 0.743. The summed E-state index contributed by atoms with van der Waals surface area (Å²) >= 11 is 0. The van der Waals surface area contributed by atoms with Crippen molar-refractivity contribution in [1.82, 2.24) is 9.97 Å². The van der Waals surface area contributed by atoms with Gasteiger partial charge in [0, 0.05) is 6.20 Å². The fourth-order valence-corrected chi connectivity index (χ4v) is 1.25. The van der Waals surface area contributed by atoms with E-state index in [9.17, 15) is 0 Å². The standard InChI is InChI=1S/C12H11N3O/c1-16-12-5-3-2-4-11(12)14-8-10-6-7-13-9-15-10/h2-9H,1H3/b14-8+. The third-order valence-corrected chi connectivity index (χ3v) is 2.03. The molecule has 0 saturated carbocycles. The van der Waals surface area contributed by atoms with Crippen molar-refractivity contribution in [3.05, 3.63) is 48.5 Å². The maximum Gasteiger partial charge on any atom is 0.144 e. The maximum atomic E-state index is 5.19. The predicted molar refractivity (Wildman–Crippen MR) is 62.3 cm³/mol. The van der Waals surface area contributed by atoms with Gasteiger partial charge in [-0.3, -0.25) is 4.99 Å². The molecule has 0 aliphatic carbocycles. The monoisotopic (exact) mass is 213 g/mol. The summed E-state index contributed by atoms with van der Waals surface area (Å²) < 4.78 is 5.19. The van der Waals surface area contributed by atoms with Crippen molar-refractivity contribution in [2.24, 2.45) is 4.99 Å². The Hall–Kier alpha value is -2.23. The molecular formula is C12H11N3O. The third-order valence-electron chi connectivity index (χ3n) is 2.03. The fraction of sp³-hybridized carbons (Fsp3) is 0.0833.